The van der Waals surface area contributed by atoms with Gasteiger partial charge in [0.25, 0.3) is 0 Å². The van der Waals surface area contributed by atoms with E-state index in [0.29, 0.717) is 6.61 Å². The zero-order valence-electron chi connectivity index (χ0n) is 11.5. The SMILES string of the molecule is CC=Cc1ccccc1OCC1(CS)CCOCC1. The lowest BCUT2D eigenvalue weighted by Crippen LogP contribution is -2.37. The van der Waals surface area contributed by atoms with Crippen molar-refractivity contribution in [2.45, 2.75) is 19.8 Å². The molecule has 1 heterocycles. The second-order valence-corrected chi connectivity index (χ2v) is 5.41. The van der Waals surface area contributed by atoms with Gasteiger partial charge in [0.15, 0.2) is 0 Å². The molecule has 1 aromatic rings. The average Bonchev–Trinajstić information content (AvgIpc) is 2.48. The second kappa shape index (κ2) is 7.01. The van der Waals surface area contributed by atoms with Crippen molar-refractivity contribution in [3.63, 3.8) is 0 Å². The van der Waals surface area contributed by atoms with Gasteiger partial charge in [-0.3, -0.25) is 0 Å². The number of hydrogen-bond donors (Lipinski definition) is 1. The third-order valence-electron chi connectivity index (χ3n) is 3.69. The van der Waals surface area contributed by atoms with Crippen molar-refractivity contribution in [3.05, 3.63) is 35.9 Å². The molecule has 1 fully saturated rings. The largest absolute Gasteiger partial charge is 0.492 e. The van der Waals surface area contributed by atoms with Crippen molar-refractivity contribution >= 4 is 18.7 Å². The minimum Gasteiger partial charge on any atom is -0.492 e. The van der Waals surface area contributed by atoms with Gasteiger partial charge in [-0.2, -0.15) is 12.6 Å². The van der Waals surface area contributed by atoms with E-state index in [0.717, 1.165) is 43.1 Å². The molecule has 0 atom stereocenters. The fourth-order valence-electron chi connectivity index (χ4n) is 2.31. The summed E-state index contributed by atoms with van der Waals surface area (Å²) in [5.41, 5.74) is 1.29. The number of allylic oxidation sites excluding steroid dienone is 1. The molecule has 0 unspecified atom stereocenters. The van der Waals surface area contributed by atoms with Crippen molar-refractivity contribution in [3.8, 4) is 5.75 Å². The van der Waals surface area contributed by atoms with E-state index in [-0.39, 0.29) is 5.41 Å². The summed E-state index contributed by atoms with van der Waals surface area (Å²) in [5, 5.41) is 0. The number of rotatable bonds is 5. The van der Waals surface area contributed by atoms with E-state index in [4.69, 9.17) is 9.47 Å². The smallest absolute Gasteiger partial charge is 0.126 e. The normalized spacial score (nSPS) is 18.6. The lowest BCUT2D eigenvalue weighted by atomic mass is 9.83. The maximum absolute atomic E-state index is 6.07. The molecule has 104 valence electrons. The summed E-state index contributed by atoms with van der Waals surface area (Å²) in [6.45, 7) is 4.37. The van der Waals surface area contributed by atoms with Crippen molar-refractivity contribution in [2.75, 3.05) is 25.6 Å². The molecule has 1 aliphatic heterocycles. The fourth-order valence-corrected chi connectivity index (χ4v) is 2.72. The van der Waals surface area contributed by atoms with E-state index in [1.54, 1.807) is 0 Å². The molecule has 2 nitrogen and oxygen atoms in total. The molecule has 0 aliphatic carbocycles. The van der Waals surface area contributed by atoms with Crippen LogP contribution < -0.4 is 4.74 Å². The Labute approximate surface area is 121 Å². The van der Waals surface area contributed by atoms with E-state index in [1.807, 2.05) is 31.2 Å². The maximum Gasteiger partial charge on any atom is 0.126 e. The van der Waals surface area contributed by atoms with Crippen molar-refractivity contribution in [1.29, 1.82) is 0 Å². The van der Waals surface area contributed by atoms with Crippen LogP contribution in [0.15, 0.2) is 30.3 Å². The molecule has 3 heteroatoms. The average molecular weight is 278 g/mol. The van der Waals surface area contributed by atoms with Gasteiger partial charge in [0.05, 0.1) is 6.61 Å². The molecule has 1 aromatic carbocycles. The summed E-state index contributed by atoms with van der Waals surface area (Å²) < 4.78 is 11.5. The third-order valence-corrected chi connectivity index (χ3v) is 4.36. The first-order valence-electron chi connectivity index (χ1n) is 6.83. The molecule has 2 rings (SSSR count). The van der Waals surface area contributed by atoms with Crippen LogP contribution in [0.4, 0.5) is 0 Å². The van der Waals surface area contributed by atoms with Gasteiger partial charge in [0.2, 0.25) is 0 Å². The van der Waals surface area contributed by atoms with Gasteiger partial charge in [-0.1, -0.05) is 30.4 Å². The van der Waals surface area contributed by atoms with E-state index < -0.39 is 0 Å². The predicted molar refractivity (Wildman–Crippen MR) is 83.0 cm³/mol. The van der Waals surface area contributed by atoms with Crippen LogP contribution in [-0.4, -0.2) is 25.6 Å². The summed E-state index contributed by atoms with van der Waals surface area (Å²) in [5.74, 6) is 1.80. The van der Waals surface area contributed by atoms with Crippen LogP contribution >= 0.6 is 12.6 Å². The zero-order valence-corrected chi connectivity index (χ0v) is 12.4. The Morgan fingerprint density at radius 2 is 2.05 bits per heavy atom. The molecule has 0 saturated carbocycles. The highest BCUT2D eigenvalue weighted by Gasteiger charge is 2.32. The Morgan fingerprint density at radius 3 is 2.74 bits per heavy atom. The summed E-state index contributed by atoms with van der Waals surface area (Å²) >= 11 is 4.51. The van der Waals surface area contributed by atoms with Crippen LogP contribution in [0.5, 0.6) is 5.75 Å². The first-order chi connectivity index (χ1) is 9.29. The number of benzene rings is 1. The first kappa shape index (κ1) is 14.5. The van der Waals surface area contributed by atoms with E-state index in [9.17, 15) is 0 Å². The number of ether oxygens (including phenoxy) is 2. The molecule has 19 heavy (non-hydrogen) atoms. The summed E-state index contributed by atoms with van der Waals surface area (Å²) in [4.78, 5) is 0. The minimum atomic E-state index is 0.157. The highest BCUT2D eigenvalue weighted by molar-refractivity contribution is 7.80. The van der Waals surface area contributed by atoms with Crippen LogP contribution in [0.3, 0.4) is 0 Å². The van der Waals surface area contributed by atoms with Crippen molar-refractivity contribution in [1.82, 2.24) is 0 Å². The molecule has 0 spiro atoms. The van der Waals surface area contributed by atoms with Gasteiger partial charge in [-0.15, -0.1) is 0 Å². The Bertz CT molecular complexity index is 423. The highest BCUT2D eigenvalue weighted by Crippen LogP contribution is 2.33. The van der Waals surface area contributed by atoms with Crippen LogP contribution in [0.25, 0.3) is 6.08 Å². The maximum atomic E-state index is 6.07. The minimum absolute atomic E-state index is 0.157. The van der Waals surface area contributed by atoms with Gasteiger partial charge in [-0.25, -0.2) is 0 Å². The summed E-state index contributed by atoms with van der Waals surface area (Å²) in [6, 6.07) is 8.15. The van der Waals surface area contributed by atoms with Crippen LogP contribution in [-0.2, 0) is 4.74 Å². The molecular formula is C16H22O2S. The number of thiol groups is 1. The van der Waals surface area contributed by atoms with Gasteiger partial charge in [-0.05, 0) is 31.6 Å². The standard InChI is InChI=1S/C16H22O2S/c1-2-5-14-6-3-4-7-15(14)18-12-16(13-19)8-10-17-11-9-16/h2-7,19H,8-13H2,1H3. The van der Waals surface area contributed by atoms with Crippen LogP contribution in [0.1, 0.15) is 25.3 Å². The van der Waals surface area contributed by atoms with E-state index in [2.05, 4.69) is 24.8 Å². The summed E-state index contributed by atoms with van der Waals surface area (Å²) in [6.07, 6.45) is 6.17. The lowest BCUT2D eigenvalue weighted by Gasteiger charge is -2.35. The van der Waals surface area contributed by atoms with E-state index in [1.165, 1.54) is 0 Å². The molecule has 0 N–H and O–H groups in total. The Hall–Kier alpha value is -0.930. The highest BCUT2D eigenvalue weighted by atomic mass is 32.1. The topological polar surface area (TPSA) is 18.5 Å². The van der Waals surface area contributed by atoms with Crippen LogP contribution in [0, 0.1) is 5.41 Å². The predicted octanol–water partition coefficient (Wildman–Crippen LogP) is 3.83. The molecule has 1 aliphatic rings. The monoisotopic (exact) mass is 278 g/mol. The first-order valence-corrected chi connectivity index (χ1v) is 7.46. The molecule has 0 radical (unpaired) electrons. The van der Waals surface area contributed by atoms with Crippen molar-refractivity contribution in [2.24, 2.45) is 5.41 Å². The van der Waals surface area contributed by atoms with Crippen molar-refractivity contribution < 1.29 is 9.47 Å². The fraction of sp³-hybridized carbons (Fsp3) is 0.500. The molecule has 1 saturated heterocycles. The molecular weight excluding hydrogens is 256 g/mol. The Kier molecular flexibility index (Phi) is 5.34. The summed E-state index contributed by atoms with van der Waals surface area (Å²) in [7, 11) is 0. The molecule has 0 aromatic heterocycles. The number of hydrogen-bond acceptors (Lipinski definition) is 3. The number of para-hydroxylation sites is 1. The second-order valence-electron chi connectivity index (χ2n) is 5.10. The van der Waals surface area contributed by atoms with Crippen LogP contribution in [0.2, 0.25) is 0 Å². The quantitative estimate of drug-likeness (QED) is 0.825. The van der Waals surface area contributed by atoms with Gasteiger partial charge < -0.3 is 9.47 Å². The van der Waals surface area contributed by atoms with Gasteiger partial charge in [0, 0.05) is 24.2 Å². The van der Waals surface area contributed by atoms with Gasteiger partial charge >= 0.3 is 0 Å². The molecule has 0 bridgehead atoms. The Balaban J connectivity index is 2.04. The lowest BCUT2D eigenvalue weighted by molar-refractivity contribution is 0.00307. The zero-order chi connectivity index (χ0) is 13.6. The molecule has 0 amide bonds. The van der Waals surface area contributed by atoms with E-state index >= 15 is 0 Å². The third kappa shape index (κ3) is 3.77. The Morgan fingerprint density at radius 1 is 1.32 bits per heavy atom. The van der Waals surface area contributed by atoms with Gasteiger partial charge in [0.1, 0.15) is 5.75 Å².